The van der Waals surface area contributed by atoms with Crippen molar-refractivity contribution in [3.8, 4) is 0 Å². The zero-order chi connectivity index (χ0) is 19.1. The van der Waals surface area contributed by atoms with Crippen molar-refractivity contribution in [1.82, 2.24) is 0 Å². The van der Waals surface area contributed by atoms with Crippen molar-refractivity contribution in [3.05, 3.63) is 33.8 Å². The summed E-state index contributed by atoms with van der Waals surface area (Å²) in [6, 6.07) is 5.56. The second-order valence-corrected chi connectivity index (χ2v) is 8.74. The van der Waals surface area contributed by atoms with Crippen molar-refractivity contribution in [3.63, 3.8) is 0 Å². The number of rotatable bonds is 10. The monoisotopic (exact) mass is 420 g/mol. The predicted octanol–water partition coefficient (Wildman–Crippen LogP) is 5.96. The highest BCUT2D eigenvalue weighted by molar-refractivity contribution is 6.34. The Labute approximate surface area is 170 Å². The number of carboxylic acids is 1. The van der Waals surface area contributed by atoms with Crippen LogP contribution in [0.2, 0.25) is 10.0 Å². The molecule has 0 aliphatic heterocycles. The molecule has 0 radical (unpaired) electrons. The van der Waals surface area contributed by atoms with Crippen LogP contribution < -0.4 is 0 Å². The molecule has 1 saturated carbocycles. The van der Waals surface area contributed by atoms with Gasteiger partial charge in [-0.2, -0.15) is 0 Å². The van der Waals surface area contributed by atoms with Crippen molar-refractivity contribution in [2.75, 3.05) is 0 Å². The van der Waals surface area contributed by atoms with Crippen LogP contribution in [0, 0.1) is 11.8 Å². The zero-order valence-electron chi connectivity index (χ0n) is 14.8. The Bertz CT molecular complexity index is 573. The molecule has 1 aliphatic rings. The maximum atomic E-state index is 10.5. The first-order valence-corrected chi connectivity index (χ1v) is 10.5. The van der Waals surface area contributed by atoms with E-state index in [2.05, 4.69) is 0 Å². The first-order valence-electron chi connectivity index (χ1n) is 9.35. The number of carbonyl (C=O) groups is 1. The van der Waals surface area contributed by atoms with Crippen LogP contribution in [-0.4, -0.2) is 27.7 Å². The van der Waals surface area contributed by atoms with Crippen LogP contribution in [0.25, 0.3) is 0 Å². The highest BCUT2D eigenvalue weighted by Gasteiger charge is 2.40. The van der Waals surface area contributed by atoms with E-state index < -0.39 is 5.97 Å². The number of hydrogen-bond donors (Lipinski definition) is 2. The minimum absolute atomic E-state index is 0.0111. The maximum absolute atomic E-state index is 10.5. The lowest BCUT2D eigenvalue weighted by Crippen LogP contribution is -2.21. The van der Waals surface area contributed by atoms with E-state index in [0.717, 1.165) is 50.5 Å². The van der Waals surface area contributed by atoms with Crippen molar-refractivity contribution >= 4 is 40.8 Å². The average molecular weight is 422 g/mol. The Hall–Kier alpha value is -0.480. The van der Waals surface area contributed by atoms with Crippen molar-refractivity contribution in [1.29, 1.82) is 0 Å². The topological polar surface area (TPSA) is 57.5 Å². The lowest BCUT2D eigenvalue weighted by atomic mass is 9.85. The van der Waals surface area contributed by atoms with Gasteiger partial charge in [-0.15, -0.1) is 11.6 Å². The van der Waals surface area contributed by atoms with Crippen LogP contribution in [0.3, 0.4) is 0 Å². The largest absolute Gasteiger partial charge is 0.481 e. The van der Waals surface area contributed by atoms with Crippen LogP contribution >= 0.6 is 34.8 Å². The summed E-state index contributed by atoms with van der Waals surface area (Å²) in [5.41, 5.74) is 1.08. The van der Waals surface area contributed by atoms with Crippen molar-refractivity contribution < 1.29 is 15.0 Å². The molecule has 4 unspecified atom stereocenters. The van der Waals surface area contributed by atoms with Crippen LogP contribution in [0.5, 0.6) is 0 Å². The van der Waals surface area contributed by atoms with Gasteiger partial charge in [-0.3, -0.25) is 4.79 Å². The summed E-state index contributed by atoms with van der Waals surface area (Å²) < 4.78 is 0. The van der Waals surface area contributed by atoms with E-state index in [1.165, 1.54) is 0 Å². The molecule has 0 aromatic heterocycles. The number of unbranched alkanes of at least 4 members (excludes halogenated alkanes) is 3. The Morgan fingerprint density at radius 1 is 1.00 bits per heavy atom. The molecule has 6 heteroatoms. The number of carboxylic acid groups (broad SMARTS) is 1. The molecular weight excluding hydrogens is 395 g/mol. The SMILES string of the molecule is O=C(O)CCCCCCC1C(Cl)CC(O)C1CCc1cc(Cl)cc(Cl)c1. The summed E-state index contributed by atoms with van der Waals surface area (Å²) in [7, 11) is 0. The molecule has 1 fully saturated rings. The van der Waals surface area contributed by atoms with E-state index in [-0.39, 0.29) is 23.8 Å². The summed E-state index contributed by atoms with van der Waals surface area (Å²) in [5, 5.41) is 20.4. The van der Waals surface area contributed by atoms with Gasteiger partial charge in [0.05, 0.1) is 6.10 Å². The molecule has 2 N–H and O–H groups in total. The molecule has 2 rings (SSSR count). The molecule has 0 saturated heterocycles. The maximum Gasteiger partial charge on any atom is 0.303 e. The third-order valence-electron chi connectivity index (χ3n) is 5.34. The van der Waals surface area contributed by atoms with Crippen molar-refractivity contribution in [2.24, 2.45) is 11.8 Å². The van der Waals surface area contributed by atoms with Crippen LogP contribution in [0.1, 0.15) is 56.9 Å². The third-order valence-corrected chi connectivity index (χ3v) is 6.28. The van der Waals surface area contributed by atoms with Crippen LogP contribution in [0.15, 0.2) is 18.2 Å². The third kappa shape index (κ3) is 6.92. The van der Waals surface area contributed by atoms with Crippen LogP contribution in [-0.2, 0) is 11.2 Å². The lowest BCUT2D eigenvalue weighted by Gasteiger charge is -2.23. The predicted molar refractivity (Wildman–Crippen MR) is 107 cm³/mol. The van der Waals surface area contributed by atoms with Gasteiger partial charge in [0.25, 0.3) is 0 Å². The molecule has 146 valence electrons. The summed E-state index contributed by atoms with van der Waals surface area (Å²) in [6.45, 7) is 0. The van der Waals surface area contributed by atoms with Gasteiger partial charge in [0, 0.05) is 21.8 Å². The average Bonchev–Trinajstić information content (AvgIpc) is 2.81. The Morgan fingerprint density at radius 3 is 2.31 bits per heavy atom. The Balaban J connectivity index is 1.81. The highest BCUT2D eigenvalue weighted by atomic mass is 35.5. The van der Waals surface area contributed by atoms with Gasteiger partial charge in [0.15, 0.2) is 0 Å². The number of hydrogen-bond acceptors (Lipinski definition) is 2. The van der Waals surface area contributed by atoms with Gasteiger partial charge in [-0.25, -0.2) is 0 Å². The van der Waals surface area contributed by atoms with E-state index in [1.807, 2.05) is 12.1 Å². The summed E-state index contributed by atoms with van der Waals surface area (Å²) in [6.07, 6.45) is 6.90. The number of aliphatic hydroxyl groups excluding tert-OH is 1. The second kappa shape index (κ2) is 10.8. The minimum atomic E-state index is -0.731. The summed E-state index contributed by atoms with van der Waals surface area (Å²) in [5.74, 6) is -0.235. The first kappa shape index (κ1) is 21.8. The van der Waals surface area contributed by atoms with Gasteiger partial charge in [0.1, 0.15) is 0 Å². The summed E-state index contributed by atoms with van der Waals surface area (Å²) >= 11 is 18.6. The van der Waals surface area contributed by atoms with E-state index in [9.17, 15) is 9.90 Å². The quantitative estimate of drug-likeness (QED) is 0.362. The number of aliphatic carboxylic acids is 1. The Morgan fingerprint density at radius 2 is 1.65 bits per heavy atom. The zero-order valence-corrected chi connectivity index (χ0v) is 17.1. The molecule has 1 aromatic rings. The number of aliphatic hydroxyl groups is 1. The number of halogens is 3. The molecule has 1 aliphatic carbocycles. The van der Waals surface area contributed by atoms with Gasteiger partial charge in [-0.1, -0.05) is 42.5 Å². The fourth-order valence-electron chi connectivity index (χ4n) is 4.03. The molecule has 26 heavy (non-hydrogen) atoms. The van der Waals surface area contributed by atoms with E-state index in [4.69, 9.17) is 39.9 Å². The molecule has 4 atom stereocenters. The van der Waals surface area contributed by atoms with Gasteiger partial charge in [-0.05, 0) is 67.7 Å². The molecular formula is C20H27Cl3O3. The standard InChI is InChI=1S/C20H27Cl3O3/c21-14-9-13(10-15(22)11-14)7-8-17-16(18(23)12-19(17)24)5-3-1-2-4-6-20(25)26/h9-11,16-19,24H,1-8,12H2,(H,25,26). The smallest absolute Gasteiger partial charge is 0.303 e. The number of alkyl halides is 1. The van der Waals surface area contributed by atoms with Gasteiger partial charge < -0.3 is 10.2 Å². The fraction of sp³-hybridized carbons (Fsp3) is 0.650. The molecule has 1 aromatic carbocycles. The molecule has 0 heterocycles. The highest BCUT2D eigenvalue weighted by Crippen LogP contribution is 2.41. The minimum Gasteiger partial charge on any atom is -0.481 e. The van der Waals surface area contributed by atoms with E-state index in [1.54, 1.807) is 6.07 Å². The molecule has 0 spiro atoms. The van der Waals surface area contributed by atoms with Crippen LogP contribution in [0.4, 0.5) is 0 Å². The molecule has 0 bridgehead atoms. The van der Waals surface area contributed by atoms with E-state index >= 15 is 0 Å². The molecule has 0 amide bonds. The first-order chi connectivity index (χ1) is 12.4. The lowest BCUT2D eigenvalue weighted by molar-refractivity contribution is -0.137. The second-order valence-electron chi connectivity index (χ2n) is 7.31. The molecule has 3 nitrogen and oxygen atoms in total. The summed E-state index contributed by atoms with van der Waals surface area (Å²) in [4.78, 5) is 10.5. The Kier molecular flexibility index (Phi) is 9.02. The normalized spacial score (nSPS) is 25.5. The van der Waals surface area contributed by atoms with E-state index in [0.29, 0.717) is 22.4 Å². The number of aryl methyl sites for hydroxylation is 1. The van der Waals surface area contributed by atoms with Gasteiger partial charge in [0.2, 0.25) is 0 Å². The number of benzene rings is 1. The van der Waals surface area contributed by atoms with Crippen molar-refractivity contribution in [2.45, 2.75) is 69.3 Å². The van der Waals surface area contributed by atoms with Gasteiger partial charge >= 0.3 is 5.97 Å². The fourth-order valence-corrected chi connectivity index (χ4v) is 5.10.